The maximum atomic E-state index is 13.1. The Balaban J connectivity index is 1.66. The average molecular weight is 459 g/mol. The van der Waals surface area contributed by atoms with Gasteiger partial charge in [0.15, 0.2) is 0 Å². The van der Waals surface area contributed by atoms with Crippen molar-refractivity contribution in [2.75, 3.05) is 26.0 Å². The van der Waals surface area contributed by atoms with Gasteiger partial charge in [0.25, 0.3) is 5.91 Å². The van der Waals surface area contributed by atoms with Crippen molar-refractivity contribution in [3.05, 3.63) is 102 Å². The predicted molar refractivity (Wildman–Crippen MR) is 133 cm³/mol. The number of anilines is 1. The zero-order valence-electron chi connectivity index (χ0n) is 19.5. The van der Waals surface area contributed by atoms with Crippen LogP contribution in [0.5, 0.6) is 0 Å². The molecule has 3 N–H and O–H groups in total. The van der Waals surface area contributed by atoms with Gasteiger partial charge in [-0.05, 0) is 49.5 Å². The second-order valence-electron chi connectivity index (χ2n) is 8.29. The van der Waals surface area contributed by atoms with Crippen LogP contribution in [0.2, 0.25) is 0 Å². The predicted octanol–water partition coefficient (Wildman–Crippen LogP) is 2.84. The molecule has 0 aromatic heterocycles. The van der Waals surface area contributed by atoms with Crippen molar-refractivity contribution in [3.8, 4) is 0 Å². The van der Waals surface area contributed by atoms with Crippen LogP contribution in [0.1, 0.15) is 21.5 Å². The first-order chi connectivity index (χ1) is 16.4. The molecular weight excluding hydrogens is 428 g/mol. The Morgan fingerprint density at radius 1 is 0.824 bits per heavy atom. The van der Waals surface area contributed by atoms with Crippen LogP contribution in [0.25, 0.3) is 0 Å². The van der Waals surface area contributed by atoms with E-state index >= 15 is 0 Å². The van der Waals surface area contributed by atoms with Gasteiger partial charge in [-0.15, -0.1) is 0 Å². The van der Waals surface area contributed by atoms with Crippen LogP contribution in [0, 0.1) is 0 Å². The van der Waals surface area contributed by atoms with E-state index in [0.29, 0.717) is 17.7 Å². The number of amides is 3. The summed E-state index contributed by atoms with van der Waals surface area (Å²) in [4.78, 5) is 39.6. The molecule has 3 rings (SSSR count). The van der Waals surface area contributed by atoms with E-state index in [4.69, 9.17) is 0 Å². The molecule has 1 unspecified atom stereocenters. The SMILES string of the molecule is CN(C)CC(=O)Nc1cccc(CNC(=O)C(Cc2ccccc2)NC(=O)c2ccccc2)c1. The lowest BCUT2D eigenvalue weighted by atomic mass is 10.0. The van der Waals surface area contributed by atoms with Crippen molar-refractivity contribution in [1.29, 1.82) is 0 Å². The minimum absolute atomic E-state index is 0.113. The molecule has 0 heterocycles. The number of hydrogen-bond acceptors (Lipinski definition) is 4. The fraction of sp³-hybridized carbons (Fsp3) is 0.222. The lowest BCUT2D eigenvalue weighted by Gasteiger charge is -2.19. The summed E-state index contributed by atoms with van der Waals surface area (Å²) in [5, 5.41) is 8.63. The molecule has 0 saturated heterocycles. The summed E-state index contributed by atoms with van der Waals surface area (Å²) in [5.41, 5.74) is 2.94. The second kappa shape index (κ2) is 12.3. The molecule has 34 heavy (non-hydrogen) atoms. The van der Waals surface area contributed by atoms with Crippen LogP contribution in [-0.4, -0.2) is 49.3 Å². The largest absolute Gasteiger partial charge is 0.350 e. The fourth-order valence-corrected chi connectivity index (χ4v) is 3.45. The Labute approximate surface area is 200 Å². The van der Waals surface area contributed by atoms with Crippen LogP contribution < -0.4 is 16.0 Å². The normalized spacial score (nSPS) is 11.5. The maximum Gasteiger partial charge on any atom is 0.251 e. The number of likely N-dealkylation sites (N-methyl/N-ethyl adjacent to an activating group) is 1. The monoisotopic (exact) mass is 458 g/mol. The number of nitrogens with one attached hydrogen (secondary N) is 3. The molecule has 0 aliphatic heterocycles. The van der Waals surface area contributed by atoms with Crippen LogP contribution in [-0.2, 0) is 22.6 Å². The first-order valence-corrected chi connectivity index (χ1v) is 11.1. The van der Waals surface area contributed by atoms with Crippen molar-refractivity contribution >= 4 is 23.4 Å². The van der Waals surface area contributed by atoms with Gasteiger partial charge in [0.2, 0.25) is 11.8 Å². The Morgan fingerprint density at radius 3 is 2.15 bits per heavy atom. The molecule has 0 bridgehead atoms. The van der Waals surface area contributed by atoms with Crippen molar-refractivity contribution < 1.29 is 14.4 Å². The molecule has 3 amide bonds. The summed E-state index contributed by atoms with van der Waals surface area (Å²) in [6.45, 7) is 0.548. The van der Waals surface area contributed by atoms with Crippen molar-refractivity contribution in [2.24, 2.45) is 0 Å². The lowest BCUT2D eigenvalue weighted by Crippen LogP contribution is -2.47. The van der Waals surface area contributed by atoms with Crippen molar-refractivity contribution in [1.82, 2.24) is 15.5 Å². The molecule has 7 nitrogen and oxygen atoms in total. The van der Waals surface area contributed by atoms with E-state index in [1.807, 2.05) is 68.7 Å². The van der Waals surface area contributed by atoms with E-state index in [1.165, 1.54) is 0 Å². The lowest BCUT2D eigenvalue weighted by molar-refractivity contribution is -0.123. The van der Waals surface area contributed by atoms with Gasteiger partial charge in [-0.1, -0.05) is 60.7 Å². The standard InChI is InChI=1S/C27H30N4O3/c1-31(2)19-25(32)29-23-15-9-12-21(16-23)18-28-27(34)24(17-20-10-5-3-6-11-20)30-26(33)22-13-7-4-8-14-22/h3-16,24H,17-19H2,1-2H3,(H,28,34)(H,29,32)(H,30,33). The van der Waals surface area contributed by atoms with Crippen LogP contribution in [0.4, 0.5) is 5.69 Å². The fourth-order valence-electron chi connectivity index (χ4n) is 3.45. The Bertz CT molecular complexity index is 1100. The summed E-state index contributed by atoms with van der Waals surface area (Å²) >= 11 is 0. The number of hydrogen-bond donors (Lipinski definition) is 3. The van der Waals surface area contributed by atoms with Gasteiger partial charge in [0, 0.05) is 24.2 Å². The smallest absolute Gasteiger partial charge is 0.251 e. The van der Waals surface area contributed by atoms with Gasteiger partial charge >= 0.3 is 0 Å². The van der Waals surface area contributed by atoms with Gasteiger partial charge in [0.1, 0.15) is 6.04 Å². The van der Waals surface area contributed by atoms with Crippen LogP contribution >= 0.6 is 0 Å². The average Bonchev–Trinajstić information content (AvgIpc) is 2.83. The molecule has 0 spiro atoms. The molecule has 0 aliphatic carbocycles. The number of carbonyl (C=O) groups is 3. The highest BCUT2D eigenvalue weighted by atomic mass is 16.2. The van der Waals surface area contributed by atoms with Crippen LogP contribution in [0.15, 0.2) is 84.9 Å². The van der Waals surface area contributed by atoms with Crippen molar-refractivity contribution in [2.45, 2.75) is 19.0 Å². The number of nitrogens with zero attached hydrogens (tertiary/aromatic N) is 1. The quantitative estimate of drug-likeness (QED) is 0.436. The highest BCUT2D eigenvalue weighted by Crippen LogP contribution is 2.11. The number of rotatable bonds is 10. The minimum Gasteiger partial charge on any atom is -0.350 e. The van der Waals surface area contributed by atoms with Crippen molar-refractivity contribution in [3.63, 3.8) is 0 Å². The number of benzene rings is 3. The number of carbonyl (C=O) groups excluding carboxylic acids is 3. The van der Waals surface area contributed by atoms with Gasteiger partial charge in [-0.3, -0.25) is 14.4 Å². The zero-order valence-corrected chi connectivity index (χ0v) is 19.5. The summed E-state index contributed by atoms with van der Waals surface area (Å²) in [6, 6.07) is 25.0. The second-order valence-corrected chi connectivity index (χ2v) is 8.29. The van der Waals surface area contributed by atoms with E-state index in [0.717, 1.165) is 11.1 Å². The third kappa shape index (κ3) is 7.86. The van der Waals surface area contributed by atoms with E-state index in [-0.39, 0.29) is 30.8 Å². The summed E-state index contributed by atoms with van der Waals surface area (Å²) in [6.07, 6.45) is 0.367. The summed E-state index contributed by atoms with van der Waals surface area (Å²) < 4.78 is 0. The molecule has 3 aromatic rings. The van der Waals surface area contributed by atoms with E-state index in [1.54, 1.807) is 35.2 Å². The molecule has 176 valence electrons. The third-order valence-corrected chi connectivity index (χ3v) is 5.08. The first kappa shape index (κ1) is 24.7. The molecular formula is C27H30N4O3. The first-order valence-electron chi connectivity index (χ1n) is 11.1. The summed E-state index contributed by atoms with van der Waals surface area (Å²) in [7, 11) is 3.65. The molecule has 0 saturated carbocycles. The van der Waals surface area contributed by atoms with Gasteiger partial charge in [0.05, 0.1) is 6.54 Å². The Morgan fingerprint density at radius 2 is 1.47 bits per heavy atom. The van der Waals surface area contributed by atoms with Gasteiger partial charge < -0.3 is 20.9 Å². The maximum absolute atomic E-state index is 13.1. The van der Waals surface area contributed by atoms with E-state index in [2.05, 4.69) is 16.0 Å². The van der Waals surface area contributed by atoms with Gasteiger partial charge in [-0.25, -0.2) is 0 Å². The molecule has 0 aliphatic rings. The minimum atomic E-state index is -0.738. The molecule has 3 aromatic carbocycles. The zero-order chi connectivity index (χ0) is 24.3. The van der Waals surface area contributed by atoms with E-state index < -0.39 is 6.04 Å². The highest BCUT2D eigenvalue weighted by Gasteiger charge is 2.22. The topological polar surface area (TPSA) is 90.5 Å². The molecule has 7 heteroatoms. The molecule has 1 atom stereocenters. The summed E-state index contributed by atoms with van der Waals surface area (Å²) in [5.74, 6) is -0.699. The highest BCUT2D eigenvalue weighted by molar-refractivity contribution is 5.97. The molecule has 0 radical (unpaired) electrons. The van der Waals surface area contributed by atoms with Crippen LogP contribution in [0.3, 0.4) is 0 Å². The molecule has 0 fully saturated rings. The van der Waals surface area contributed by atoms with E-state index in [9.17, 15) is 14.4 Å². The Kier molecular flexibility index (Phi) is 8.94. The van der Waals surface area contributed by atoms with Gasteiger partial charge in [-0.2, -0.15) is 0 Å². The Hall–Kier alpha value is -3.97. The third-order valence-electron chi connectivity index (χ3n) is 5.08.